The van der Waals surface area contributed by atoms with Crippen molar-refractivity contribution in [3.8, 4) is 0 Å². The fourth-order valence-electron chi connectivity index (χ4n) is 3.86. The first kappa shape index (κ1) is 22.1. The number of H-pyrrole nitrogens is 1. The standard InChI is InChI=1S/C22H26N4O5S/c1-25(2)17-7-5-15(6-8-17)13-23-21(27)16-4-3-11-26(14-16)32(29,30)18-9-10-19-20(12-18)31-22(28)24-19/h5-10,12,16H,3-4,11,13-14H2,1-2H3,(H,23,27)(H,24,28)/t16-/m0/s1. The van der Waals surface area contributed by atoms with Gasteiger partial charge in [0.1, 0.15) is 0 Å². The fraction of sp³-hybridized carbons (Fsp3) is 0.364. The minimum atomic E-state index is -3.82. The van der Waals surface area contributed by atoms with Crippen LogP contribution in [0.1, 0.15) is 18.4 Å². The molecule has 0 spiro atoms. The summed E-state index contributed by atoms with van der Waals surface area (Å²) in [5.74, 6) is -1.22. The molecule has 1 aliphatic rings. The molecule has 0 radical (unpaired) electrons. The van der Waals surface area contributed by atoms with E-state index in [1.807, 2.05) is 43.3 Å². The number of piperidine rings is 1. The van der Waals surface area contributed by atoms with Gasteiger partial charge in [0, 0.05) is 45.5 Å². The first-order valence-electron chi connectivity index (χ1n) is 10.4. The van der Waals surface area contributed by atoms with Gasteiger partial charge in [-0.15, -0.1) is 0 Å². The number of anilines is 1. The van der Waals surface area contributed by atoms with Crippen molar-refractivity contribution in [2.45, 2.75) is 24.3 Å². The van der Waals surface area contributed by atoms with Crippen molar-refractivity contribution < 1.29 is 17.6 Å². The van der Waals surface area contributed by atoms with Crippen LogP contribution in [0.3, 0.4) is 0 Å². The lowest BCUT2D eigenvalue weighted by Crippen LogP contribution is -2.45. The minimum Gasteiger partial charge on any atom is -0.408 e. The average Bonchev–Trinajstić information content (AvgIpc) is 3.17. The number of aromatic amines is 1. The number of hydrogen-bond donors (Lipinski definition) is 2. The summed E-state index contributed by atoms with van der Waals surface area (Å²) in [6.45, 7) is 0.842. The molecule has 32 heavy (non-hydrogen) atoms. The van der Waals surface area contributed by atoms with Gasteiger partial charge in [-0.1, -0.05) is 12.1 Å². The Labute approximate surface area is 186 Å². The normalized spacial score (nSPS) is 17.4. The Morgan fingerprint density at radius 1 is 1.22 bits per heavy atom. The van der Waals surface area contributed by atoms with E-state index < -0.39 is 21.7 Å². The Balaban J connectivity index is 1.42. The van der Waals surface area contributed by atoms with Crippen LogP contribution in [0, 0.1) is 5.92 Å². The second-order valence-corrected chi connectivity index (χ2v) is 10.1. The molecule has 2 aromatic carbocycles. The molecule has 1 aromatic heterocycles. The topological polar surface area (TPSA) is 116 Å². The molecule has 2 N–H and O–H groups in total. The van der Waals surface area contributed by atoms with Crippen molar-refractivity contribution >= 4 is 32.7 Å². The van der Waals surface area contributed by atoms with Crippen molar-refractivity contribution in [3.05, 3.63) is 58.6 Å². The molecule has 170 valence electrons. The molecule has 10 heteroatoms. The summed E-state index contributed by atoms with van der Waals surface area (Å²) < 4.78 is 32.6. The molecule has 2 heterocycles. The highest BCUT2D eigenvalue weighted by Crippen LogP contribution is 2.26. The number of nitrogens with zero attached hydrogens (tertiary/aromatic N) is 2. The van der Waals surface area contributed by atoms with Crippen molar-refractivity contribution in [2.75, 3.05) is 32.1 Å². The molecule has 1 saturated heterocycles. The summed E-state index contributed by atoms with van der Waals surface area (Å²) in [4.78, 5) is 28.6. The van der Waals surface area contributed by atoms with Crippen molar-refractivity contribution in [1.82, 2.24) is 14.6 Å². The molecule has 1 atom stereocenters. The SMILES string of the molecule is CN(C)c1ccc(CNC(=O)[C@H]2CCCN(S(=O)(=O)c3ccc4[nH]c(=O)oc4c3)C2)cc1. The van der Waals surface area contributed by atoms with Gasteiger partial charge in [-0.3, -0.25) is 9.78 Å². The van der Waals surface area contributed by atoms with E-state index in [2.05, 4.69) is 10.3 Å². The van der Waals surface area contributed by atoms with E-state index in [-0.39, 0.29) is 22.9 Å². The zero-order valence-electron chi connectivity index (χ0n) is 18.0. The number of rotatable bonds is 6. The van der Waals surface area contributed by atoms with Crippen LogP contribution in [-0.2, 0) is 21.4 Å². The third-order valence-corrected chi connectivity index (χ3v) is 7.57. The van der Waals surface area contributed by atoms with Gasteiger partial charge in [0.2, 0.25) is 15.9 Å². The van der Waals surface area contributed by atoms with Crippen LogP contribution in [0.15, 0.2) is 56.6 Å². The van der Waals surface area contributed by atoms with E-state index in [1.54, 1.807) is 0 Å². The minimum absolute atomic E-state index is 0.0368. The highest BCUT2D eigenvalue weighted by atomic mass is 32.2. The van der Waals surface area contributed by atoms with Crippen LogP contribution in [-0.4, -0.2) is 50.8 Å². The Morgan fingerprint density at radius 2 is 1.97 bits per heavy atom. The molecule has 0 saturated carbocycles. The Kier molecular flexibility index (Phi) is 6.07. The number of carbonyl (C=O) groups is 1. The molecule has 9 nitrogen and oxygen atoms in total. The number of carbonyl (C=O) groups excluding carboxylic acids is 1. The van der Waals surface area contributed by atoms with Crippen molar-refractivity contribution in [2.24, 2.45) is 5.92 Å². The van der Waals surface area contributed by atoms with E-state index in [9.17, 15) is 18.0 Å². The van der Waals surface area contributed by atoms with Crippen molar-refractivity contribution in [3.63, 3.8) is 0 Å². The van der Waals surface area contributed by atoms with Gasteiger partial charge in [0.25, 0.3) is 0 Å². The quantitative estimate of drug-likeness (QED) is 0.583. The molecule has 0 bridgehead atoms. The molecule has 1 aliphatic heterocycles. The maximum atomic E-state index is 13.1. The third-order valence-electron chi connectivity index (χ3n) is 5.70. The summed E-state index contributed by atoms with van der Waals surface area (Å²) in [5.41, 5.74) is 2.67. The Morgan fingerprint density at radius 3 is 2.69 bits per heavy atom. The molecule has 0 unspecified atom stereocenters. The lowest BCUT2D eigenvalue weighted by molar-refractivity contribution is -0.126. The maximum absolute atomic E-state index is 13.1. The lowest BCUT2D eigenvalue weighted by atomic mass is 9.99. The molecule has 4 rings (SSSR count). The van der Waals surface area contributed by atoms with Crippen LogP contribution in [0.2, 0.25) is 0 Å². The number of sulfonamides is 1. The summed E-state index contributed by atoms with van der Waals surface area (Å²) in [7, 11) is 0.110. The summed E-state index contributed by atoms with van der Waals surface area (Å²) >= 11 is 0. The predicted molar refractivity (Wildman–Crippen MR) is 121 cm³/mol. The summed E-state index contributed by atoms with van der Waals surface area (Å²) in [5, 5.41) is 2.93. The van der Waals surface area contributed by atoms with Crippen LogP contribution in [0.25, 0.3) is 11.1 Å². The monoisotopic (exact) mass is 458 g/mol. The number of hydrogen-bond acceptors (Lipinski definition) is 6. The smallest absolute Gasteiger partial charge is 0.408 e. The van der Waals surface area contributed by atoms with E-state index in [4.69, 9.17) is 4.42 Å². The zero-order chi connectivity index (χ0) is 22.9. The average molecular weight is 459 g/mol. The highest BCUT2D eigenvalue weighted by molar-refractivity contribution is 7.89. The van der Waals surface area contributed by atoms with Gasteiger partial charge in [-0.25, -0.2) is 13.2 Å². The Bertz CT molecular complexity index is 1280. The number of benzene rings is 2. The second kappa shape index (κ2) is 8.79. The number of oxazole rings is 1. The summed E-state index contributed by atoms with van der Waals surface area (Å²) in [6, 6.07) is 12.2. The predicted octanol–water partition coefficient (Wildman–Crippen LogP) is 1.90. The molecular formula is C22H26N4O5S. The van der Waals surface area contributed by atoms with Gasteiger partial charge in [0.05, 0.1) is 16.3 Å². The van der Waals surface area contributed by atoms with E-state index in [0.717, 1.165) is 11.3 Å². The van der Waals surface area contributed by atoms with Crippen molar-refractivity contribution in [1.29, 1.82) is 0 Å². The zero-order valence-corrected chi connectivity index (χ0v) is 18.8. The largest absolute Gasteiger partial charge is 0.417 e. The molecule has 1 fully saturated rings. The number of aromatic nitrogens is 1. The molecule has 3 aromatic rings. The molecular weight excluding hydrogens is 432 g/mol. The van der Waals surface area contributed by atoms with E-state index >= 15 is 0 Å². The third kappa shape index (κ3) is 4.56. The number of fused-ring (bicyclic) bond motifs is 1. The van der Waals surface area contributed by atoms with Crippen LogP contribution >= 0.6 is 0 Å². The first-order chi connectivity index (χ1) is 15.2. The van der Waals surface area contributed by atoms with Gasteiger partial charge < -0.3 is 14.6 Å². The summed E-state index contributed by atoms with van der Waals surface area (Å²) in [6.07, 6.45) is 1.22. The van der Waals surface area contributed by atoms with Crippen LogP contribution in [0.4, 0.5) is 5.69 Å². The highest BCUT2D eigenvalue weighted by Gasteiger charge is 2.33. The van der Waals surface area contributed by atoms with Crippen LogP contribution in [0.5, 0.6) is 0 Å². The Hall–Kier alpha value is -3.11. The molecule has 0 aliphatic carbocycles. The number of nitrogens with one attached hydrogen (secondary N) is 2. The van der Waals surface area contributed by atoms with E-state index in [0.29, 0.717) is 31.4 Å². The van der Waals surface area contributed by atoms with Gasteiger partial charge in [0.15, 0.2) is 5.58 Å². The molecule has 1 amide bonds. The second-order valence-electron chi connectivity index (χ2n) is 8.15. The number of amides is 1. The first-order valence-corrected chi connectivity index (χ1v) is 11.8. The van der Waals surface area contributed by atoms with Gasteiger partial charge >= 0.3 is 5.76 Å². The van der Waals surface area contributed by atoms with Gasteiger partial charge in [-0.05, 0) is 42.7 Å². The van der Waals surface area contributed by atoms with Gasteiger partial charge in [-0.2, -0.15) is 4.31 Å². The van der Waals surface area contributed by atoms with E-state index in [1.165, 1.54) is 22.5 Å². The maximum Gasteiger partial charge on any atom is 0.417 e. The fourth-order valence-corrected chi connectivity index (χ4v) is 5.40. The lowest BCUT2D eigenvalue weighted by Gasteiger charge is -2.31. The van der Waals surface area contributed by atoms with Crippen LogP contribution < -0.4 is 16.0 Å².